The van der Waals surface area contributed by atoms with Gasteiger partial charge in [0.15, 0.2) is 0 Å². The zero-order valence-corrected chi connectivity index (χ0v) is 8.30. The van der Waals surface area contributed by atoms with E-state index in [2.05, 4.69) is 4.90 Å². The van der Waals surface area contributed by atoms with Crippen LogP contribution < -0.4 is 0 Å². The molecule has 1 aliphatic carbocycles. The molecule has 1 aliphatic heterocycles. The smallest absolute Gasteiger partial charge is 0.133 e. The lowest BCUT2D eigenvalue weighted by Gasteiger charge is -2.38. The molecule has 0 aromatic heterocycles. The van der Waals surface area contributed by atoms with E-state index in [4.69, 9.17) is 0 Å². The summed E-state index contributed by atoms with van der Waals surface area (Å²) in [6.45, 7) is 2.95. The van der Waals surface area contributed by atoms with E-state index in [1.807, 2.05) is 0 Å². The monoisotopic (exact) mass is 181 g/mol. The van der Waals surface area contributed by atoms with Crippen molar-refractivity contribution in [3.63, 3.8) is 0 Å². The highest BCUT2D eigenvalue weighted by Gasteiger charge is 2.36. The summed E-state index contributed by atoms with van der Waals surface area (Å²) in [7, 11) is 0. The number of nitrogens with zero attached hydrogens (tertiary/aromatic N) is 1. The van der Waals surface area contributed by atoms with Gasteiger partial charge in [-0.05, 0) is 44.2 Å². The van der Waals surface area contributed by atoms with Gasteiger partial charge < -0.3 is 4.79 Å². The molecule has 2 aliphatic rings. The Labute approximate surface area is 80.3 Å². The second-order valence-electron chi connectivity index (χ2n) is 4.67. The molecule has 2 nitrogen and oxygen atoms in total. The molecular weight excluding hydrogens is 162 g/mol. The van der Waals surface area contributed by atoms with Crippen LogP contribution in [0.15, 0.2) is 0 Å². The number of likely N-dealkylation sites (tertiary alicyclic amines) is 1. The largest absolute Gasteiger partial charge is 0.302 e. The van der Waals surface area contributed by atoms with E-state index in [-0.39, 0.29) is 0 Å². The highest BCUT2D eigenvalue weighted by molar-refractivity contribution is 5.51. The summed E-state index contributed by atoms with van der Waals surface area (Å²) < 4.78 is 0. The third-order valence-electron chi connectivity index (χ3n) is 3.91. The first-order valence-corrected chi connectivity index (χ1v) is 5.51. The molecule has 0 amide bonds. The third-order valence-corrected chi connectivity index (χ3v) is 3.91. The van der Waals surface area contributed by atoms with Crippen LogP contribution in [0.1, 0.15) is 38.5 Å². The van der Waals surface area contributed by atoms with E-state index in [1.165, 1.54) is 38.5 Å². The summed E-state index contributed by atoms with van der Waals surface area (Å²) in [6.07, 6.45) is 9.47. The lowest BCUT2D eigenvalue weighted by Crippen LogP contribution is -2.39. The van der Waals surface area contributed by atoms with Crippen molar-refractivity contribution in [1.82, 2.24) is 4.90 Å². The summed E-state index contributed by atoms with van der Waals surface area (Å²) in [5.74, 6) is 0. The van der Waals surface area contributed by atoms with Crippen LogP contribution in [0.4, 0.5) is 0 Å². The molecule has 2 rings (SSSR count). The molecule has 1 heterocycles. The van der Waals surface area contributed by atoms with Crippen LogP contribution in [0.25, 0.3) is 0 Å². The Hall–Kier alpha value is -0.370. The molecule has 13 heavy (non-hydrogen) atoms. The van der Waals surface area contributed by atoms with Gasteiger partial charge in [-0.2, -0.15) is 0 Å². The molecule has 0 N–H and O–H groups in total. The molecular formula is C11H19NO. The van der Waals surface area contributed by atoms with E-state index in [1.54, 1.807) is 0 Å². The predicted octanol–water partition coefficient (Wildman–Crippen LogP) is 1.84. The Balaban J connectivity index is 1.84. The van der Waals surface area contributed by atoms with Crippen molar-refractivity contribution in [2.24, 2.45) is 5.41 Å². The van der Waals surface area contributed by atoms with Crippen molar-refractivity contribution < 1.29 is 4.79 Å². The van der Waals surface area contributed by atoms with Crippen molar-refractivity contribution in [2.45, 2.75) is 38.5 Å². The van der Waals surface area contributed by atoms with Gasteiger partial charge in [-0.15, -0.1) is 0 Å². The van der Waals surface area contributed by atoms with Gasteiger partial charge >= 0.3 is 0 Å². The number of carbonyl (C=O) groups excluding carboxylic acids is 1. The van der Waals surface area contributed by atoms with Crippen LogP contribution >= 0.6 is 0 Å². The van der Waals surface area contributed by atoms with E-state index in [0.29, 0.717) is 12.0 Å². The normalized spacial score (nSPS) is 28.0. The summed E-state index contributed by atoms with van der Waals surface area (Å²) in [4.78, 5) is 12.6. The maximum Gasteiger partial charge on any atom is 0.133 e. The van der Waals surface area contributed by atoms with Crippen molar-refractivity contribution in [3.8, 4) is 0 Å². The minimum atomic E-state index is 0.649. The Kier molecular flexibility index (Phi) is 2.68. The molecule has 1 saturated heterocycles. The molecule has 1 spiro atoms. The quantitative estimate of drug-likeness (QED) is 0.606. The maximum atomic E-state index is 10.3. The standard InChI is InChI=1S/C11H19NO/c13-10-9-12-7-5-11(6-8-12)3-1-2-4-11/h10H,1-9H2. The van der Waals surface area contributed by atoms with Gasteiger partial charge in [0.1, 0.15) is 6.29 Å². The van der Waals surface area contributed by atoms with Crippen molar-refractivity contribution in [3.05, 3.63) is 0 Å². The summed E-state index contributed by atoms with van der Waals surface area (Å²) in [5.41, 5.74) is 0.694. The highest BCUT2D eigenvalue weighted by atomic mass is 16.1. The number of piperidine rings is 1. The van der Waals surface area contributed by atoms with Gasteiger partial charge in [0.05, 0.1) is 6.54 Å². The van der Waals surface area contributed by atoms with Gasteiger partial charge in [0.25, 0.3) is 0 Å². The zero-order valence-electron chi connectivity index (χ0n) is 8.30. The van der Waals surface area contributed by atoms with Gasteiger partial charge in [0, 0.05) is 0 Å². The van der Waals surface area contributed by atoms with Crippen molar-refractivity contribution in [2.75, 3.05) is 19.6 Å². The molecule has 74 valence electrons. The number of hydrogen-bond donors (Lipinski definition) is 0. The first kappa shape index (κ1) is 9.20. The second-order valence-corrected chi connectivity index (χ2v) is 4.67. The van der Waals surface area contributed by atoms with Gasteiger partial charge in [0.2, 0.25) is 0 Å². The fraction of sp³-hybridized carbons (Fsp3) is 0.909. The number of carbonyl (C=O) groups is 1. The Morgan fingerprint density at radius 3 is 2.23 bits per heavy atom. The van der Waals surface area contributed by atoms with Crippen molar-refractivity contribution >= 4 is 6.29 Å². The zero-order chi connectivity index (χ0) is 9.15. The second kappa shape index (κ2) is 3.79. The minimum Gasteiger partial charge on any atom is -0.302 e. The number of aldehydes is 1. The molecule has 2 heteroatoms. The molecule has 0 bridgehead atoms. The fourth-order valence-corrected chi connectivity index (χ4v) is 2.94. The lowest BCUT2D eigenvalue weighted by molar-refractivity contribution is -0.109. The van der Waals surface area contributed by atoms with Crippen LogP contribution in [-0.4, -0.2) is 30.8 Å². The van der Waals surface area contributed by atoms with Gasteiger partial charge in [-0.25, -0.2) is 0 Å². The maximum absolute atomic E-state index is 10.3. The van der Waals surface area contributed by atoms with E-state index in [0.717, 1.165) is 19.4 Å². The van der Waals surface area contributed by atoms with Crippen molar-refractivity contribution in [1.29, 1.82) is 0 Å². The van der Waals surface area contributed by atoms with Crippen LogP contribution in [0.3, 0.4) is 0 Å². The van der Waals surface area contributed by atoms with Crippen LogP contribution in [0, 0.1) is 5.41 Å². The van der Waals surface area contributed by atoms with Crippen LogP contribution in [0.5, 0.6) is 0 Å². The summed E-state index contributed by atoms with van der Waals surface area (Å²) in [5, 5.41) is 0. The van der Waals surface area contributed by atoms with Gasteiger partial charge in [-0.1, -0.05) is 12.8 Å². The average molecular weight is 181 g/mol. The van der Waals surface area contributed by atoms with Crippen LogP contribution in [0.2, 0.25) is 0 Å². The van der Waals surface area contributed by atoms with Crippen LogP contribution in [-0.2, 0) is 4.79 Å². The third kappa shape index (κ3) is 1.93. The molecule has 0 atom stereocenters. The summed E-state index contributed by atoms with van der Waals surface area (Å²) >= 11 is 0. The summed E-state index contributed by atoms with van der Waals surface area (Å²) in [6, 6.07) is 0. The molecule has 1 saturated carbocycles. The van der Waals surface area contributed by atoms with E-state index < -0.39 is 0 Å². The Bertz CT molecular complexity index is 175. The SMILES string of the molecule is O=CCN1CCC2(CCCC2)CC1. The minimum absolute atomic E-state index is 0.649. The lowest BCUT2D eigenvalue weighted by atomic mass is 9.77. The molecule has 2 fully saturated rings. The Morgan fingerprint density at radius 1 is 1.08 bits per heavy atom. The topological polar surface area (TPSA) is 20.3 Å². The average Bonchev–Trinajstić information content (AvgIpc) is 2.59. The number of rotatable bonds is 2. The van der Waals surface area contributed by atoms with E-state index in [9.17, 15) is 4.79 Å². The first-order valence-electron chi connectivity index (χ1n) is 5.51. The Morgan fingerprint density at radius 2 is 1.69 bits per heavy atom. The first-order chi connectivity index (χ1) is 6.35. The van der Waals surface area contributed by atoms with E-state index >= 15 is 0 Å². The van der Waals surface area contributed by atoms with Gasteiger partial charge in [-0.3, -0.25) is 4.90 Å². The molecule has 0 aromatic carbocycles. The molecule has 0 radical (unpaired) electrons. The molecule has 0 unspecified atom stereocenters. The predicted molar refractivity (Wildman–Crippen MR) is 52.6 cm³/mol. The fourth-order valence-electron chi connectivity index (χ4n) is 2.94. The number of hydrogen-bond acceptors (Lipinski definition) is 2. The highest BCUT2D eigenvalue weighted by Crippen LogP contribution is 2.45. The molecule has 0 aromatic rings.